The molecule has 1 fully saturated rings. The summed E-state index contributed by atoms with van der Waals surface area (Å²) in [7, 11) is -16.6. The van der Waals surface area contributed by atoms with Gasteiger partial charge in [-0.1, -0.05) is 5.21 Å². The van der Waals surface area contributed by atoms with Gasteiger partial charge in [-0.25, -0.2) is 13.7 Å². The summed E-state index contributed by atoms with van der Waals surface area (Å²) in [5.41, 5.74) is 4.57. The van der Waals surface area contributed by atoms with E-state index in [1.54, 1.807) is 0 Å². The number of aliphatic hydroxyl groups is 1. The second-order valence-electron chi connectivity index (χ2n) is 5.98. The van der Waals surface area contributed by atoms with Gasteiger partial charge in [-0.2, -0.15) is 18.3 Å². The third-order valence-electron chi connectivity index (χ3n) is 3.65. The molecule has 1 aliphatic heterocycles. The van der Waals surface area contributed by atoms with Crippen molar-refractivity contribution in [2.45, 2.75) is 24.9 Å². The Morgan fingerprint density at radius 3 is 2.52 bits per heavy atom. The molecule has 19 nitrogen and oxygen atoms in total. The lowest BCUT2D eigenvalue weighted by atomic mass is 10.2. The number of ether oxygens (including phenoxy) is 1. The number of nitrogens with one attached hydrogen (secondary N) is 1. The van der Waals surface area contributed by atoms with E-state index < -0.39 is 54.1 Å². The van der Waals surface area contributed by atoms with E-state index in [4.69, 9.17) is 25.2 Å². The molecule has 1 saturated heterocycles. The zero-order valence-corrected chi connectivity index (χ0v) is 17.5. The molecule has 0 radical (unpaired) electrons. The first-order valence-electron chi connectivity index (χ1n) is 7.88. The van der Waals surface area contributed by atoms with Crippen LogP contribution in [0.2, 0.25) is 0 Å². The van der Waals surface area contributed by atoms with Gasteiger partial charge in [-0.15, -0.1) is 5.10 Å². The quantitative estimate of drug-likeness (QED) is 0.191. The number of phosphoric ester groups is 1. The van der Waals surface area contributed by atoms with Crippen molar-refractivity contribution in [2.75, 3.05) is 12.3 Å². The van der Waals surface area contributed by atoms with Crippen molar-refractivity contribution in [2.24, 2.45) is 0 Å². The zero-order valence-electron chi connectivity index (χ0n) is 14.9. The van der Waals surface area contributed by atoms with E-state index in [-0.39, 0.29) is 23.5 Å². The Bertz CT molecular complexity index is 1180. The number of nitrogens with zero attached hydrogens (tertiary/aromatic N) is 4. The Morgan fingerprint density at radius 2 is 1.87 bits per heavy atom. The fourth-order valence-electron chi connectivity index (χ4n) is 2.54. The molecule has 0 saturated carbocycles. The Balaban J connectivity index is 1.67. The monoisotopic (exact) mass is 508 g/mol. The van der Waals surface area contributed by atoms with E-state index in [1.165, 1.54) is 0 Å². The van der Waals surface area contributed by atoms with Crippen molar-refractivity contribution >= 4 is 40.6 Å². The second-order valence-corrected chi connectivity index (χ2v) is 10.4. The number of anilines is 1. The average Bonchev–Trinajstić information content (AvgIpc) is 3.13. The summed E-state index contributed by atoms with van der Waals surface area (Å²) in [5, 5.41) is 17.4. The topological polar surface area (TPSA) is 292 Å². The van der Waals surface area contributed by atoms with E-state index in [1.807, 2.05) is 0 Å². The lowest BCUT2D eigenvalue weighted by molar-refractivity contribution is -0.0466. The van der Waals surface area contributed by atoms with Crippen LogP contribution in [0.4, 0.5) is 5.95 Å². The molecule has 5 atom stereocenters. The molecule has 0 spiro atoms. The molecule has 3 rings (SSSR count). The smallest absolute Gasteiger partial charge is 0.390 e. The Hall–Kier alpha value is -1.59. The highest BCUT2D eigenvalue weighted by Gasteiger charge is 2.43. The summed E-state index contributed by atoms with van der Waals surface area (Å²) < 4.78 is 51.7. The number of aliphatic hydroxyl groups excluding tert-OH is 1. The zero-order chi connectivity index (χ0) is 23.2. The van der Waals surface area contributed by atoms with Gasteiger partial charge in [0.2, 0.25) is 5.95 Å². The van der Waals surface area contributed by atoms with Crippen LogP contribution in [0.5, 0.6) is 0 Å². The van der Waals surface area contributed by atoms with Gasteiger partial charge in [0.05, 0.1) is 12.7 Å². The van der Waals surface area contributed by atoms with E-state index in [2.05, 4.69) is 33.4 Å². The third-order valence-corrected chi connectivity index (χ3v) is 7.45. The molecule has 0 bridgehead atoms. The van der Waals surface area contributed by atoms with Crippen LogP contribution in [-0.4, -0.2) is 68.5 Å². The summed E-state index contributed by atoms with van der Waals surface area (Å²) >= 11 is 0. The fourth-order valence-corrected chi connectivity index (χ4v) is 5.57. The van der Waals surface area contributed by atoms with Crippen LogP contribution in [0.25, 0.3) is 11.2 Å². The van der Waals surface area contributed by atoms with Crippen molar-refractivity contribution < 1.29 is 56.3 Å². The third kappa shape index (κ3) is 6.01. The highest BCUT2D eigenvalue weighted by molar-refractivity contribution is 7.66. The molecule has 8 N–H and O–H groups in total. The van der Waals surface area contributed by atoms with Gasteiger partial charge >= 0.3 is 23.5 Å². The minimum Gasteiger partial charge on any atom is -0.390 e. The molecular weight excluding hydrogens is 493 g/mol. The van der Waals surface area contributed by atoms with Crippen molar-refractivity contribution in [1.82, 2.24) is 25.0 Å². The second kappa shape index (κ2) is 8.40. The van der Waals surface area contributed by atoms with Gasteiger partial charge in [-0.05, 0) is 0 Å². The molecule has 2 aromatic heterocycles. The number of hydrogen-bond donors (Lipinski definition) is 7. The van der Waals surface area contributed by atoms with Crippen molar-refractivity contribution in [3.8, 4) is 0 Å². The normalized spacial score (nSPS) is 26.0. The van der Waals surface area contributed by atoms with Crippen LogP contribution in [0, 0.1) is 0 Å². The molecule has 2 aromatic rings. The fraction of sp³-hybridized carbons (Fsp3) is 0.556. The number of aromatic nitrogens is 5. The van der Waals surface area contributed by atoms with E-state index in [9.17, 15) is 28.5 Å². The van der Waals surface area contributed by atoms with Crippen molar-refractivity contribution in [3.05, 3.63) is 10.4 Å². The first kappa shape index (κ1) is 24.1. The number of phosphoric acid groups is 3. The number of nitrogen functional groups attached to an aromatic ring is 1. The van der Waals surface area contributed by atoms with E-state index >= 15 is 0 Å². The Morgan fingerprint density at radius 1 is 1.19 bits per heavy atom. The van der Waals surface area contributed by atoms with E-state index in [0.29, 0.717) is 0 Å². The van der Waals surface area contributed by atoms with Gasteiger partial charge in [0.15, 0.2) is 17.4 Å². The van der Waals surface area contributed by atoms with Crippen molar-refractivity contribution in [3.63, 3.8) is 0 Å². The number of H-pyrrole nitrogens is 1. The minimum atomic E-state index is -5.68. The lowest BCUT2D eigenvalue weighted by Gasteiger charge is -2.19. The molecule has 31 heavy (non-hydrogen) atoms. The van der Waals surface area contributed by atoms with Gasteiger partial charge in [0, 0.05) is 6.42 Å². The summed E-state index contributed by atoms with van der Waals surface area (Å²) in [4.78, 5) is 53.4. The molecule has 1 aliphatic rings. The van der Waals surface area contributed by atoms with Crippen LogP contribution in [0.1, 0.15) is 12.6 Å². The van der Waals surface area contributed by atoms with Crippen molar-refractivity contribution in [1.29, 1.82) is 0 Å². The maximum atomic E-state index is 11.8. The van der Waals surface area contributed by atoms with Crippen LogP contribution >= 0.6 is 23.5 Å². The minimum absolute atomic E-state index is 0.0630. The first-order valence-corrected chi connectivity index (χ1v) is 12.4. The number of hydrogen-bond acceptors (Lipinski definition) is 13. The highest BCUT2D eigenvalue weighted by Crippen LogP contribution is 2.66. The van der Waals surface area contributed by atoms with Gasteiger partial charge < -0.3 is 35.2 Å². The number of aromatic amines is 1. The molecule has 0 aliphatic carbocycles. The van der Waals surface area contributed by atoms with Gasteiger partial charge in [-0.3, -0.25) is 14.3 Å². The maximum Gasteiger partial charge on any atom is 0.490 e. The summed E-state index contributed by atoms with van der Waals surface area (Å²) in [6.07, 6.45) is -3.82. The largest absolute Gasteiger partial charge is 0.490 e. The molecule has 22 heteroatoms. The SMILES string of the molecule is Nc1nc2c(nnn2[C@H]2C[C@H](O)[C@@H](COP(=O)(O)OP(=O)(O)OP(=O)(O)O)O2)c(=O)[nH]1. The van der Waals surface area contributed by atoms with E-state index in [0.717, 1.165) is 4.68 Å². The molecule has 174 valence electrons. The Kier molecular flexibility index (Phi) is 6.52. The molecule has 3 heterocycles. The van der Waals surface area contributed by atoms with Crippen LogP contribution in [-0.2, 0) is 31.6 Å². The summed E-state index contributed by atoms with van der Waals surface area (Å²) in [6.45, 7) is -0.871. The molecule has 0 amide bonds. The highest BCUT2D eigenvalue weighted by atomic mass is 31.3. The number of rotatable bonds is 8. The molecule has 0 aromatic carbocycles. The van der Waals surface area contributed by atoms with Gasteiger partial charge in [0.1, 0.15) is 6.10 Å². The van der Waals surface area contributed by atoms with Crippen LogP contribution in [0.3, 0.4) is 0 Å². The van der Waals surface area contributed by atoms with Crippen LogP contribution in [0.15, 0.2) is 4.79 Å². The lowest BCUT2D eigenvalue weighted by Crippen LogP contribution is -2.26. The standard InChI is InChI=1S/C9H15N6O13P3/c10-9-11-7-6(8(17)12-9)13-14-15(7)5-1-3(16)4(26-5)2-25-30(21,22)28-31(23,24)27-29(18,19)20/h3-5,16H,1-2H2,(H,21,22)(H,23,24)(H2,18,19,20)(H3,10,11,12,17)/t3-,4+,5+/m0/s1. The summed E-state index contributed by atoms with van der Waals surface area (Å²) in [6, 6.07) is 0. The molecular formula is C9H15N6O13P3. The molecule has 2 unspecified atom stereocenters. The number of fused-ring (bicyclic) bond motifs is 1. The number of nitrogens with two attached hydrogens (primary N) is 1. The predicted molar refractivity (Wildman–Crippen MR) is 94.7 cm³/mol. The average molecular weight is 508 g/mol. The Labute approximate surface area is 170 Å². The first-order chi connectivity index (χ1) is 14.2. The predicted octanol–water partition coefficient (Wildman–Crippen LogP) is -1.91. The maximum absolute atomic E-state index is 11.8. The summed E-state index contributed by atoms with van der Waals surface area (Å²) in [5.74, 6) is -0.233. The van der Waals surface area contributed by atoms with Gasteiger partial charge in [0.25, 0.3) is 5.56 Å². The van der Waals surface area contributed by atoms with Crippen LogP contribution < -0.4 is 11.3 Å².